The van der Waals surface area contributed by atoms with Gasteiger partial charge in [-0.2, -0.15) is 0 Å². The molecule has 1 aromatic rings. The van der Waals surface area contributed by atoms with Gasteiger partial charge in [-0.1, -0.05) is 26.0 Å². The van der Waals surface area contributed by atoms with Crippen LogP contribution in [0.4, 0.5) is 0 Å². The Kier molecular flexibility index (Phi) is 7.19. The molecular weight excluding hydrogens is 266 g/mol. The molecule has 1 rings (SSSR count). The van der Waals surface area contributed by atoms with Crippen molar-refractivity contribution in [3.8, 4) is 5.75 Å². The Hall–Kier alpha value is -1.59. The fourth-order valence-corrected chi connectivity index (χ4v) is 2.16. The van der Waals surface area contributed by atoms with Crippen LogP contribution >= 0.6 is 0 Å². The quantitative estimate of drug-likeness (QED) is 0.437. The van der Waals surface area contributed by atoms with Gasteiger partial charge in [-0.25, -0.2) is 5.84 Å². The Balaban J connectivity index is 2.61. The number of ether oxygens (including phenoxy) is 1. The normalized spacial score (nSPS) is 11.2. The summed E-state index contributed by atoms with van der Waals surface area (Å²) in [5.74, 6) is 6.02. The molecule has 0 saturated carbocycles. The van der Waals surface area contributed by atoms with E-state index in [9.17, 15) is 4.79 Å². The number of nitrogens with one attached hydrogen (secondary N) is 1. The lowest BCUT2D eigenvalue weighted by atomic mass is 10.2. The molecule has 0 spiro atoms. The van der Waals surface area contributed by atoms with Gasteiger partial charge in [0.15, 0.2) is 0 Å². The van der Waals surface area contributed by atoms with Crippen LogP contribution in [0.1, 0.15) is 38.1 Å². The molecule has 0 aromatic heterocycles. The molecule has 0 saturated heterocycles. The highest BCUT2D eigenvalue weighted by atomic mass is 16.5. The molecular formula is C16H27N3O2. The number of carbonyl (C=O) groups excluding carboxylic acids is 1. The van der Waals surface area contributed by atoms with Crippen LogP contribution in [0.5, 0.6) is 5.75 Å². The maximum absolute atomic E-state index is 11.7. The van der Waals surface area contributed by atoms with E-state index in [0.717, 1.165) is 13.1 Å². The van der Waals surface area contributed by atoms with Crippen molar-refractivity contribution in [2.45, 2.75) is 33.7 Å². The SMILES string of the molecule is CC(C)CN(CCOc1ccccc1C(=O)NN)C(C)C. The minimum Gasteiger partial charge on any atom is -0.491 e. The Morgan fingerprint density at radius 3 is 2.52 bits per heavy atom. The van der Waals surface area contributed by atoms with Crippen LogP contribution < -0.4 is 16.0 Å². The van der Waals surface area contributed by atoms with E-state index in [-0.39, 0.29) is 5.91 Å². The smallest absolute Gasteiger partial charge is 0.268 e. The number of para-hydroxylation sites is 1. The van der Waals surface area contributed by atoms with Crippen LogP contribution in [0.2, 0.25) is 0 Å². The molecule has 0 radical (unpaired) electrons. The number of amides is 1. The zero-order valence-corrected chi connectivity index (χ0v) is 13.4. The Bertz CT molecular complexity index is 447. The van der Waals surface area contributed by atoms with Crippen molar-refractivity contribution in [2.24, 2.45) is 11.8 Å². The monoisotopic (exact) mass is 293 g/mol. The molecule has 0 aliphatic rings. The second-order valence-electron chi connectivity index (χ2n) is 5.80. The molecule has 0 atom stereocenters. The number of hydrogen-bond acceptors (Lipinski definition) is 4. The van der Waals surface area contributed by atoms with Crippen LogP contribution in [-0.2, 0) is 0 Å². The lowest BCUT2D eigenvalue weighted by molar-refractivity contribution is 0.0947. The average Bonchev–Trinajstić information content (AvgIpc) is 2.45. The molecule has 21 heavy (non-hydrogen) atoms. The third-order valence-corrected chi connectivity index (χ3v) is 3.23. The number of nitrogens with two attached hydrogens (primary N) is 1. The first-order valence-corrected chi connectivity index (χ1v) is 7.42. The maximum atomic E-state index is 11.7. The molecule has 1 amide bonds. The molecule has 0 bridgehead atoms. The number of carbonyl (C=O) groups is 1. The van der Waals surface area contributed by atoms with Gasteiger partial charge in [0.2, 0.25) is 0 Å². The number of hydrogen-bond donors (Lipinski definition) is 2. The molecule has 118 valence electrons. The molecule has 1 aromatic carbocycles. The van der Waals surface area contributed by atoms with E-state index >= 15 is 0 Å². The predicted molar refractivity (Wildman–Crippen MR) is 85.1 cm³/mol. The van der Waals surface area contributed by atoms with Crippen molar-refractivity contribution < 1.29 is 9.53 Å². The topological polar surface area (TPSA) is 67.6 Å². The fourth-order valence-electron chi connectivity index (χ4n) is 2.16. The summed E-state index contributed by atoms with van der Waals surface area (Å²) >= 11 is 0. The van der Waals surface area contributed by atoms with Gasteiger partial charge in [-0.3, -0.25) is 15.1 Å². The Morgan fingerprint density at radius 2 is 1.95 bits per heavy atom. The van der Waals surface area contributed by atoms with Crippen LogP contribution in [-0.4, -0.2) is 36.5 Å². The van der Waals surface area contributed by atoms with Gasteiger partial charge in [0.25, 0.3) is 5.91 Å². The number of nitrogen functional groups attached to an aromatic ring is 1. The molecule has 5 heteroatoms. The second kappa shape index (κ2) is 8.64. The van der Waals surface area contributed by atoms with Gasteiger partial charge in [-0.15, -0.1) is 0 Å². The van der Waals surface area contributed by atoms with Gasteiger partial charge in [0, 0.05) is 19.1 Å². The molecule has 0 aliphatic heterocycles. The maximum Gasteiger partial charge on any atom is 0.268 e. The number of nitrogens with zero attached hydrogens (tertiary/aromatic N) is 1. The summed E-state index contributed by atoms with van der Waals surface area (Å²) in [4.78, 5) is 14.0. The highest BCUT2D eigenvalue weighted by Gasteiger charge is 2.13. The summed E-state index contributed by atoms with van der Waals surface area (Å²) in [6.07, 6.45) is 0. The van der Waals surface area contributed by atoms with E-state index in [1.807, 2.05) is 6.07 Å². The fraction of sp³-hybridized carbons (Fsp3) is 0.562. The van der Waals surface area contributed by atoms with Crippen LogP contribution in [0.3, 0.4) is 0 Å². The summed E-state index contributed by atoms with van der Waals surface area (Å²) in [5, 5.41) is 0. The zero-order valence-electron chi connectivity index (χ0n) is 13.4. The number of rotatable bonds is 8. The predicted octanol–water partition coefficient (Wildman–Crippen LogP) is 2.04. The van der Waals surface area contributed by atoms with Gasteiger partial charge >= 0.3 is 0 Å². The summed E-state index contributed by atoms with van der Waals surface area (Å²) in [6.45, 7) is 11.2. The average molecular weight is 293 g/mol. The number of hydrazine groups is 1. The van der Waals surface area contributed by atoms with E-state index in [0.29, 0.717) is 29.9 Å². The van der Waals surface area contributed by atoms with Crippen LogP contribution in [0, 0.1) is 5.92 Å². The molecule has 0 heterocycles. The van der Waals surface area contributed by atoms with E-state index < -0.39 is 0 Å². The minimum atomic E-state index is -0.339. The summed E-state index contributed by atoms with van der Waals surface area (Å²) in [5.41, 5.74) is 2.59. The van der Waals surface area contributed by atoms with Crippen LogP contribution in [0.25, 0.3) is 0 Å². The Labute approximate surface area is 127 Å². The molecule has 0 aliphatic carbocycles. The standard InChI is InChI=1S/C16H27N3O2/c1-12(2)11-19(13(3)4)9-10-21-15-8-6-5-7-14(15)16(20)18-17/h5-8,12-13H,9-11,17H2,1-4H3,(H,18,20). The largest absolute Gasteiger partial charge is 0.491 e. The first-order chi connectivity index (χ1) is 9.95. The van der Waals surface area contributed by atoms with E-state index in [1.165, 1.54) is 0 Å². The Morgan fingerprint density at radius 1 is 1.29 bits per heavy atom. The van der Waals surface area contributed by atoms with Gasteiger partial charge in [-0.05, 0) is 31.9 Å². The van der Waals surface area contributed by atoms with Gasteiger partial charge in [0.1, 0.15) is 12.4 Å². The highest BCUT2D eigenvalue weighted by molar-refractivity contribution is 5.96. The lowest BCUT2D eigenvalue weighted by Crippen LogP contribution is -2.37. The van der Waals surface area contributed by atoms with Gasteiger partial charge < -0.3 is 4.74 Å². The zero-order chi connectivity index (χ0) is 15.8. The first kappa shape index (κ1) is 17.5. The van der Waals surface area contributed by atoms with E-state index in [1.54, 1.807) is 18.2 Å². The first-order valence-electron chi connectivity index (χ1n) is 7.42. The van der Waals surface area contributed by atoms with Crippen molar-refractivity contribution in [1.29, 1.82) is 0 Å². The van der Waals surface area contributed by atoms with Crippen molar-refractivity contribution in [3.05, 3.63) is 29.8 Å². The van der Waals surface area contributed by atoms with Crippen molar-refractivity contribution in [2.75, 3.05) is 19.7 Å². The molecule has 5 nitrogen and oxygen atoms in total. The molecule has 3 N–H and O–H groups in total. The van der Waals surface area contributed by atoms with Gasteiger partial charge in [0.05, 0.1) is 5.56 Å². The summed E-state index contributed by atoms with van der Waals surface area (Å²) in [7, 11) is 0. The number of benzene rings is 1. The van der Waals surface area contributed by atoms with Crippen molar-refractivity contribution in [3.63, 3.8) is 0 Å². The van der Waals surface area contributed by atoms with Crippen molar-refractivity contribution >= 4 is 5.91 Å². The van der Waals surface area contributed by atoms with Crippen LogP contribution in [0.15, 0.2) is 24.3 Å². The summed E-state index contributed by atoms with van der Waals surface area (Å²) in [6, 6.07) is 7.59. The van der Waals surface area contributed by atoms with Crippen molar-refractivity contribution in [1.82, 2.24) is 10.3 Å². The van der Waals surface area contributed by atoms with E-state index in [2.05, 4.69) is 38.0 Å². The van der Waals surface area contributed by atoms with E-state index in [4.69, 9.17) is 10.6 Å². The molecule has 0 unspecified atom stereocenters. The second-order valence-corrected chi connectivity index (χ2v) is 5.80. The molecule has 0 fully saturated rings. The third kappa shape index (κ3) is 5.73. The highest BCUT2D eigenvalue weighted by Crippen LogP contribution is 2.17. The minimum absolute atomic E-state index is 0.339. The lowest BCUT2D eigenvalue weighted by Gasteiger charge is -2.28. The third-order valence-electron chi connectivity index (χ3n) is 3.23. The summed E-state index contributed by atoms with van der Waals surface area (Å²) < 4.78 is 5.76.